The summed E-state index contributed by atoms with van der Waals surface area (Å²) >= 11 is 0. The van der Waals surface area contributed by atoms with Gasteiger partial charge >= 0.3 is 11.8 Å². The topological polar surface area (TPSA) is 135 Å². The van der Waals surface area contributed by atoms with Crippen molar-refractivity contribution >= 4 is 40.1 Å². The number of para-hydroxylation sites is 1. The molecule has 0 radical (unpaired) electrons. The summed E-state index contributed by atoms with van der Waals surface area (Å²) in [5, 5.41) is 16.9. The lowest BCUT2D eigenvalue weighted by atomic mass is 9.96. The molecule has 3 aromatic rings. The number of aryl methyl sites for hydroxylation is 1. The van der Waals surface area contributed by atoms with E-state index in [1.165, 1.54) is 18.2 Å². The summed E-state index contributed by atoms with van der Waals surface area (Å²) < 4.78 is 5.66. The highest BCUT2D eigenvalue weighted by Crippen LogP contribution is 2.24. The molecule has 1 saturated heterocycles. The second-order valence-electron chi connectivity index (χ2n) is 8.30. The van der Waals surface area contributed by atoms with E-state index in [-0.39, 0.29) is 23.2 Å². The van der Waals surface area contributed by atoms with Crippen molar-refractivity contribution < 1.29 is 23.7 Å². The minimum Gasteiger partial charge on any atom is -0.451 e. The third-order valence-corrected chi connectivity index (χ3v) is 5.98. The molecule has 10 heteroatoms. The third-order valence-electron chi connectivity index (χ3n) is 5.98. The number of nitro groups is 1. The largest absolute Gasteiger partial charge is 0.451 e. The van der Waals surface area contributed by atoms with Crippen LogP contribution in [0.15, 0.2) is 52.9 Å². The third kappa shape index (κ3) is 5.06. The van der Waals surface area contributed by atoms with Gasteiger partial charge in [-0.3, -0.25) is 24.5 Å². The number of nitrogens with one attached hydrogen (secondary N) is 2. The van der Waals surface area contributed by atoms with Crippen molar-refractivity contribution in [3.63, 3.8) is 0 Å². The van der Waals surface area contributed by atoms with Gasteiger partial charge < -0.3 is 20.0 Å². The molecule has 1 aliphatic rings. The number of piperidine rings is 1. The highest BCUT2D eigenvalue weighted by molar-refractivity contribution is 6.39. The summed E-state index contributed by atoms with van der Waals surface area (Å²) in [6, 6.07) is 13.2. The highest BCUT2D eigenvalue weighted by atomic mass is 16.6. The maximum absolute atomic E-state index is 12.8. The number of fused-ring (bicyclic) bond motifs is 1. The number of anilines is 1. The smallest absolute Gasteiger partial charge is 0.313 e. The Morgan fingerprint density at radius 1 is 1.09 bits per heavy atom. The van der Waals surface area contributed by atoms with Gasteiger partial charge in [0.05, 0.1) is 10.6 Å². The number of benzene rings is 2. The van der Waals surface area contributed by atoms with Gasteiger partial charge in [-0.15, -0.1) is 0 Å². The van der Waals surface area contributed by atoms with Crippen LogP contribution in [-0.4, -0.2) is 47.2 Å². The molecule has 0 unspecified atom stereocenters. The van der Waals surface area contributed by atoms with E-state index < -0.39 is 16.7 Å². The molecule has 0 atom stereocenters. The molecular weight excluding hydrogens is 440 g/mol. The van der Waals surface area contributed by atoms with Crippen molar-refractivity contribution in [1.82, 2.24) is 10.2 Å². The molecule has 10 nitrogen and oxygen atoms in total. The monoisotopic (exact) mass is 464 g/mol. The van der Waals surface area contributed by atoms with Crippen LogP contribution in [0.2, 0.25) is 0 Å². The lowest BCUT2D eigenvalue weighted by molar-refractivity contribution is -0.384. The average Bonchev–Trinajstić information content (AvgIpc) is 3.28. The Morgan fingerprint density at radius 3 is 2.53 bits per heavy atom. The van der Waals surface area contributed by atoms with Crippen LogP contribution in [0.5, 0.6) is 0 Å². The summed E-state index contributed by atoms with van der Waals surface area (Å²) in [4.78, 5) is 49.3. The van der Waals surface area contributed by atoms with Crippen LogP contribution < -0.4 is 10.6 Å². The Balaban J connectivity index is 1.25. The summed E-state index contributed by atoms with van der Waals surface area (Å²) in [7, 11) is 0. The molecule has 1 aliphatic heterocycles. The van der Waals surface area contributed by atoms with Gasteiger partial charge in [-0.25, -0.2) is 0 Å². The number of carbonyl (C=O) groups excluding carboxylic acids is 3. The van der Waals surface area contributed by atoms with Crippen molar-refractivity contribution in [2.24, 2.45) is 5.92 Å². The van der Waals surface area contributed by atoms with Gasteiger partial charge in [-0.2, -0.15) is 0 Å². The standard InChI is InChI=1S/C24H24N4O6/c1-15-6-7-18(28(32)33)13-19(15)26-23(30)22(29)25-14-16-8-10-27(11-9-16)24(31)21-12-17-4-2-3-5-20(17)34-21/h2-7,12-13,16H,8-11,14H2,1H3,(H,25,29)(H,26,30). The Morgan fingerprint density at radius 2 is 1.82 bits per heavy atom. The fourth-order valence-electron chi connectivity index (χ4n) is 3.94. The fourth-order valence-corrected chi connectivity index (χ4v) is 3.94. The number of nitrogens with zero attached hydrogens (tertiary/aromatic N) is 2. The van der Waals surface area contributed by atoms with Gasteiger partial charge in [0.15, 0.2) is 5.76 Å². The van der Waals surface area contributed by atoms with Gasteiger partial charge in [0.2, 0.25) is 0 Å². The summed E-state index contributed by atoms with van der Waals surface area (Å²) in [5.41, 5.74) is 1.31. The fraction of sp³-hybridized carbons (Fsp3) is 0.292. The van der Waals surface area contributed by atoms with E-state index in [1.807, 2.05) is 24.3 Å². The number of rotatable bonds is 5. The average molecular weight is 464 g/mol. The molecule has 0 aliphatic carbocycles. The molecule has 0 spiro atoms. The number of non-ortho nitro benzene ring substituents is 1. The summed E-state index contributed by atoms with van der Waals surface area (Å²) in [5.74, 6) is -1.43. The van der Waals surface area contributed by atoms with E-state index in [0.717, 1.165) is 5.39 Å². The van der Waals surface area contributed by atoms with Crippen LogP contribution >= 0.6 is 0 Å². The van der Waals surface area contributed by atoms with E-state index in [4.69, 9.17) is 4.42 Å². The number of amides is 3. The van der Waals surface area contributed by atoms with Crippen LogP contribution in [0, 0.1) is 23.0 Å². The van der Waals surface area contributed by atoms with Crippen molar-refractivity contribution in [2.45, 2.75) is 19.8 Å². The second kappa shape index (κ2) is 9.74. The number of carbonyl (C=O) groups is 3. The van der Waals surface area contributed by atoms with E-state index in [9.17, 15) is 24.5 Å². The van der Waals surface area contributed by atoms with Gasteiger partial charge in [0.1, 0.15) is 5.58 Å². The molecule has 176 valence electrons. The SMILES string of the molecule is Cc1ccc([N+](=O)[O-])cc1NC(=O)C(=O)NCC1CCN(C(=O)c2cc3ccccc3o2)CC1. The molecule has 2 aromatic carbocycles. The summed E-state index contributed by atoms with van der Waals surface area (Å²) in [6.07, 6.45) is 1.36. The Hall–Kier alpha value is -4.21. The van der Waals surface area contributed by atoms with Crippen LogP contribution in [0.3, 0.4) is 0 Å². The van der Waals surface area contributed by atoms with Crippen LogP contribution in [0.25, 0.3) is 11.0 Å². The first-order valence-corrected chi connectivity index (χ1v) is 10.9. The molecule has 2 N–H and O–H groups in total. The number of nitro benzene ring substituents is 1. The van der Waals surface area contributed by atoms with Crippen molar-refractivity contribution in [2.75, 3.05) is 25.0 Å². The molecule has 1 aromatic heterocycles. The van der Waals surface area contributed by atoms with Crippen molar-refractivity contribution in [1.29, 1.82) is 0 Å². The van der Waals surface area contributed by atoms with E-state index in [1.54, 1.807) is 17.9 Å². The Labute approximate surface area is 195 Å². The maximum atomic E-state index is 12.8. The predicted molar refractivity (Wildman–Crippen MR) is 124 cm³/mol. The van der Waals surface area contributed by atoms with Crippen LogP contribution in [0.1, 0.15) is 29.0 Å². The normalized spacial score (nSPS) is 14.1. The van der Waals surface area contributed by atoms with Crippen LogP contribution in [-0.2, 0) is 9.59 Å². The van der Waals surface area contributed by atoms with Gasteiger partial charge in [0, 0.05) is 37.2 Å². The zero-order valence-corrected chi connectivity index (χ0v) is 18.6. The van der Waals surface area contributed by atoms with Crippen LogP contribution in [0.4, 0.5) is 11.4 Å². The number of likely N-dealkylation sites (tertiary alicyclic amines) is 1. The van der Waals surface area contributed by atoms with Gasteiger partial charge in [-0.1, -0.05) is 24.3 Å². The molecule has 4 rings (SSSR count). The zero-order valence-electron chi connectivity index (χ0n) is 18.6. The molecular formula is C24H24N4O6. The maximum Gasteiger partial charge on any atom is 0.313 e. The molecule has 3 amide bonds. The molecule has 2 heterocycles. The van der Waals surface area contributed by atoms with Crippen molar-refractivity contribution in [3.8, 4) is 0 Å². The quantitative estimate of drug-likeness (QED) is 0.338. The second-order valence-corrected chi connectivity index (χ2v) is 8.30. The highest BCUT2D eigenvalue weighted by Gasteiger charge is 2.26. The first-order valence-electron chi connectivity index (χ1n) is 10.9. The molecule has 34 heavy (non-hydrogen) atoms. The van der Waals surface area contributed by atoms with Crippen molar-refractivity contribution in [3.05, 3.63) is 70.0 Å². The minimum absolute atomic E-state index is 0.121. The van der Waals surface area contributed by atoms with E-state index in [0.29, 0.717) is 49.4 Å². The minimum atomic E-state index is -0.888. The lowest BCUT2D eigenvalue weighted by Gasteiger charge is -2.31. The first-order chi connectivity index (χ1) is 16.3. The summed E-state index contributed by atoms with van der Waals surface area (Å²) in [6.45, 7) is 3.02. The number of hydrogen-bond donors (Lipinski definition) is 2. The number of furan rings is 1. The zero-order chi connectivity index (χ0) is 24.2. The number of hydrogen-bond acceptors (Lipinski definition) is 6. The van der Waals surface area contributed by atoms with Gasteiger partial charge in [0.25, 0.3) is 11.6 Å². The molecule has 1 fully saturated rings. The predicted octanol–water partition coefficient (Wildman–Crippen LogP) is 3.26. The Bertz CT molecular complexity index is 1230. The molecule has 0 saturated carbocycles. The molecule has 0 bridgehead atoms. The first kappa shape index (κ1) is 23.0. The lowest BCUT2D eigenvalue weighted by Crippen LogP contribution is -2.43. The van der Waals surface area contributed by atoms with Gasteiger partial charge in [-0.05, 0) is 43.4 Å². The van der Waals surface area contributed by atoms with E-state index in [2.05, 4.69) is 10.6 Å². The van der Waals surface area contributed by atoms with E-state index >= 15 is 0 Å². The Kier molecular flexibility index (Phi) is 6.58.